The summed E-state index contributed by atoms with van der Waals surface area (Å²) in [6.45, 7) is 3.96. The largest absolute Gasteiger partial charge is 0.462 e. The van der Waals surface area contributed by atoms with E-state index >= 15 is 0 Å². The Morgan fingerprint density at radius 1 is 1.29 bits per heavy atom. The van der Waals surface area contributed by atoms with E-state index in [2.05, 4.69) is 22.9 Å². The number of hydrogen-bond acceptors (Lipinski definition) is 8. The van der Waals surface area contributed by atoms with Crippen LogP contribution in [0.4, 0.5) is 24.7 Å². The summed E-state index contributed by atoms with van der Waals surface area (Å²) in [5, 5.41) is 12.7. The Balaban J connectivity index is 1.39. The molecule has 14 heteroatoms. The number of likely N-dealkylation sites (N-methyl/N-ethyl adjacent to an activating group) is 1. The summed E-state index contributed by atoms with van der Waals surface area (Å²) >= 11 is 6.43. The summed E-state index contributed by atoms with van der Waals surface area (Å²) in [5.74, 6) is -2.55. The van der Waals surface area contributed by atoms with Gasteiger partial charge in [-0.2, -0.15) is 15.2 Å². The molecule has 6 rings (SSSR count). The molecule has 4 heterocycles. The number of rotatable bonds is 6. The molecule has 238 valence electrons. The Hall–Kier alpha value is -3.89. The van der Waals surface area contributed by atoms with E-state index in [1.807, 2.05) is 16.8 Å². The number of amides is 2. The summed E-state index contributed by atoms with van der Waals surface area (Å²) < 4.78 is 48.6. The second kappa shape index (κ2) is 12.1. The maximum atomic E-state index is 14.7. The number of hydrogen-bond donors (Lipinski definition) is 1. The van der Waals surface area contributed by atoms with Crippen LogP contribution in [0.5, 0.6) is 6.01 Å². The fraction of sp³-hybridized carbons (Fsp3) is 0.516. The first kappa shape index (κ1) is 31.1. The Bertz CT molecular complexity index is 1600. The Kier molecular flexibility index (Phi) is 8.39. The van der Waals surface area contributed by atoms with Crippen molar-refractivity contribution in [1.29, 1.82) is 5.26 Å². The number of nitrogens with zero attached hydrogens (tertiary/aromatic N) is 6. The molecule has 45 heavy (non-hydrogen) atoms. The number of anilines is 2. The van der Waals surface area contributed by atoms with Crippen LogP contribution >= 0.6 is 11.6 Å². The fourth-order valence-electron chi connectivity index (χ4n) is 7.15. The van der Waals surface area contributed by atoms with Gasteiger partial charge in [-0.05, 0) is 56.0 Å². The first-order valence-corrected chi connectivity index (χ1v) is 15.3. The van der Waals surface area contributed by atoms with Crippen LogP contribution in [0.15, 0.2) is 24.5 Å². The lowest BCUT2D eigenvalue weighted by molar-refractivity contribution is -0.131. The third-order valence-corrected chi connectivity index (χ3v) is 9.77. The van der Waals surface area contributed by atoms with Crippen LogP contribution < -0.4 is 15.0 Å². The van der Waals surface area contributed by atoms with Gasteiger partial charge in [-0.15, -0.1) is 0 Å². The molecule has 1 aromatic carbocycles. The molecule has 4 atom stereocenters. The van der Waals surface area contributed by atoms with E-state index in [0.717, 1.165) is 5.56 Å². The molecular weight excluding hydrogens is 611 g/mol. The normalized spacial score (nSPS) is 26.2. The van der Waals surface area contributed by atoms with Crippen LogP contribution in [-0.4, -0.2) is 89.7 Å². The van der Waals surface area contributed by atoms with E-state index in [-0.39, 0.29) is 62.1 Å². The zero-order valence-electron chi connectivity index (χ0n) is 24.8. The lowest BCUT2D eigenvalue weighted by Gasteiger charge is -2.44. The average Bonchev–Trinajstić information content (AvgIpc) is 3.33. The van der Waals surface area contributed by atoms with Gasteiger partial charge in [-0.3, -0.25) is 14.5 Å². The number of ether oxygens (including phenoxy) is 1. The minimum Gasteiger partial charge on any atom is -0.462 e. The molecule has 1 N–H and O–H groups in total. The third kappa shape index (κ3) is 5.70. The first-order valence-electron chi connectivity index (χ1n) is 15.0. The highest BCUT2D eigenvalue weighted by Crippen LogP contribution is 2.48. The molecule has 10 nitrogen and oxygen atoms in total. The molecule has 0 bridgehead atoms. The molecule has 0 radical (unpaired) electrons. The van der Waals surface area contributed by atoms with Gasteiger partial charge >= 0.3 is 6.01 Å². The maximum absolute atomic E-state index is 14.7. The number of carbonyl (C=O) groups excluding carboxylic acids is 2. The van der Waals surface area contributed by atoms with Crippen LogP contribution in [0.3, 0.4) is 0 Å². The number of alkyl halides is 1. The molecule has 2 aromatic rings. The monoisotopic (exact) mass is 643 g/mol. The average molecular weight is 644 g/mol. The summed E-state index contributed by atoms with van der Waals surface area (Å²) in [7, 11) is 1.82. The van der Waals surface area contributed by atoms with E-state index in [4.69, 9.17) is 21.3 Å². The molecule has 1 spiro atoms. The maximum Gasteiger partial charge on any atom is 0.318 e. The molecule has 0 saturated carbocycles. The molecule has 3 unspecified atom stereocenters. The molecule has 4 aliphatic rings. The SMILES string of the molecule is C=C(F)C(=O)N1CCN(c2nc(OC[C@@H]3CC(F)CN3C)nc3c2NC(=O)C2(CCCc4c(Cl)cc(F)cc42)C3)CC1CC#N. The molecular formula is C31H33ClF3N7O3. The lowest BCUT2D eigenvalue weighted by Crippen LogP contribution is -2.56. The van der Waals surface area contributed by atoms with Crippen LogP contribution in [0.1, 0.15) is 42.5 Å². The van der Waals surface area contributed by atoms with Gasteiger partial charge < -0.3 is 19.9 Å². The first-order chi connectivity index (χ1) is 21.5. The number of nitriles is 1. The number of likely N-dealkylation sites (tertiary alicyclic amines) is 1. The van der Waals surface area contributed by atoms with Crippen molar-refractivity contribution in [3.05, 3.63) is 52.2 Å². The van der Waals surface area contributed by atoms with E-state index in [0.29, 0.717) is 55.0 Å². The van der Waals surface area contributed by atoms with Gasteiger partial charge in [0, 0.05) is 43.7 Å². The standard InChI is InChI=1S/C31H33ClF3N7O3/c1-17(33)28(43)42-9-8-41(15-20(42)5-7-36)27-26-25(37-30(39-27)45-16-21-10-19(35)14-40(21)2)13-31(29(44)38-26)6-3-4-22-23(31)11-18(34)12-24(22)32/h11-12,19-21H,1,3-6,8-10,13-16H2,2H3,(H,38,44)/t19?,20?,21-,31?/m0/s1. The predicted molar refractivity (Wildman–Crippen MR) is 160 cm³/mol. The van der Waals surface area contributed by atoms with E-state index < -0.39 is 35.2 Å². The second-order valence-corrected chi connectivity index (χ2v) is 12.6. The van der Waals surface area contributed by atoms with E-state index in [1.165, 1.54) is 17.0 Å². The highest BCUT2D eigenvalue weighted by molar-refractivity contribution is 6.31. The van der Waals surface area contributed by atoms with Gasteiger partial charge in [0.15, 0.2) is 11.6 Å². The number of halogens is 4. The Morgan fingerprint density at radius 2 is 2.09 bits per heavy atom. The van der Waals surface area contributed by atoms with Crippen molar-refractivity contribution in [2.75, 3.05) is 50.1 Å². The van der Waals surface area contributed by atoms with Crippen LogP contribution in [0, 0.1) is 17.1 Å². The van der Waals surface area contributed by atoms with Gasteiger partial charge in [0.05, 0.1) is 29.6 Å². The van der Waals surface area contributed by atoms with Crippen molar-refractivity contribution in [2.24, 2.45) is 0 Å². The number of benzene rings is 1. The van der Waals surface area contributed by atoms with Gasteiger partial charge in [-0.1, -0.05) is 18.2 Å². The number of fused-ring (bicyclic) bond motifs is 3. The minimum absolute atomic E-state index is 0.0199. The predicted octanol–water partition coefficient (Wildman–Crippen LogP) is 3.87. The highest BCUT2D eigenvalue weighted by Gasteiger charge is 2.49. The summed E-state index contributed by atoms with van der Waals surface area (Å²) in [6.07, 6.45) is 1.12. The summed E-state index contributed by atoms with van der Waals surface area (Å²) in [6, 6.07) is 3.84. The van der Waals surface area contributed by atoms with Crippen molar-refractivity contribution in [2.45, 2.75) is 62.2 Å². The molecule has 3 aliphatic heterocycles. The molecule has 2 amide bonds. The van der Waals surface area contributed by atoms with Gasteiger partial charge in [0.1, 0.15) is 24.3 Å². The van der Waals surface area contributed by atoms with Crippen molar-refractivity contribution in [3.63, 3.8) is 0 Å². The Morgan fingerprint density at radius 3 is 2.80 bits per heavy atom. The van der Waals surface area contributed by atoms with Crippen molar-refractivity contribution in [3.8, 4) is 12.1 Å². The second-order valence-electron chi connectivity index (χ2n) is 12.2. The van der Waals surface area contributed by atoms with Crippen LogP contribution in [-0.2, 0) is 27.8 Å². The van der Waals surface area contributed by atoms with E-state index in [1.54, 1.807) is 0 Å². The van der Waals surface area contributed by atoms with Crippen molar-refractivity contribution in [1.82, 2.24) is 19.8 Å². The zero-order valence-corrected chi connectivity index (χ0v) is 25.5. The number of carbonyl (C=O) groups is 2. The topological polar surface area (TPSA) is 115 Å². The quantitative estimate of drug-likeness (QED) is 0.472. The number of nitrogens with one attached hydrogen (secondary N) is 1. The third-order valence-electron chi connectivity index (χ3n) is 9.44. The zero-order chi connectivity index (χ0) is 32.0. The molecule has 1 aliphatic carbocycles. The minimum atomic E-state index is -1.13. The number of piperazine rings is 1. The van der Waals surface area contributed by atoms with Gasteiger partial charge in [0.2, 0.25) is 5.91 Å². The molecule has 2 saturated heterocycles. The summed E-state index contributed by atoms with van der Waals surface area (Å²) in [4.78, 5) is 40.8. The summed E-state index contributed by atoms with van der Waals surface area (Å²) in [5.41, 5.74) is 0.948. The van der Waals surface area contributed by atoms with Gasteiger partial charge in [0.25, 0.3) is 5.91 Å². The Labute approximate surface area is 263 Å². The van der Waals surface area contributed by atoms with Gasteiger partial charge in [-0.25, -0.2) is 13.2 Å². The van der Waals surface area contributed by atoms with Crippen LogP contribution in [0.25, 0.3) is 0 Å². The number of aromatic nitrogens is 2. The van der Waals surface area contributed by atoms with Crippen molar-refractivity contribution >= 4 is 34.9 Å². The lowest BCUT2D eigenvalue weighted by atomic mass is 9.65. The van der Waals surface area contributed by atoms with E-state index in [9.17, 15) is 28.0 Å². The highest BCUT2D eigenvalue weighted by atomic mass is 35.5. The van der Waals surface area contributed by atoms with Crippen LogP contribution in [0.2, 0.25) is 5.02 Å². The smallest absolute Gasteiger partial charge is 0.318 e. The molecule has 2 fully saturated rings. The molecule has 1 aromatic heterocycles. The van der Waals surface area contributed by atoms with Crippen molar-refractivity contribution < 1.29 is 27.5 Å². The fourth-order valence-corrected chi connectivity index (χ4v) is 7.45.